The molecule has 0 bridgehead atoms. The van der Waals surface area contributed by atoms with Crippen LogP contribution in [0.15, 0.2) is 24.3 Å². The number of aliphatic hydroxyl groups excluding tert-OH is 1. The number of benzene rings is 1. The third-order valence-electron chi connectivity index (χ3n) is 2.81. The first-order valence-corrected chi connectivity index (χ1v) is 5.32. The van der Waals surface area contributed by atoms with Crippen molar-refractivity contribution in [1.82, 2.24) is 5.32 Å². The lowest BCUT2D eigenvalue weighted by atomic mass is 9.86. The first kappa shape index (κ1) is 10.9. The van der Waals surface area contributed by atoms with E-state index in [4.69, 9.17) is 9.84 Å². The van der Waals surface area contributed by atoms with Crippen LogP contribution in [-0.4, -0.2) is 24.9 Å². The van der Waals surface area contributed by atoms with Gasteiger partial charge < -0.3 is 9.84 Å². The maximum absolute atomic E-state index is 9.37. The summed E-state index contributed by atoms with van der Waals surface area (Å²) >= 11 is 0. The molecule has 1 aromatic carbocycles. The Bertz CT molecular complexity index is 414. The average molecular weight is 218 g/mol. The molecular weight excluding hydrogens is 204 g/mol. The maximum Gasteiger partial charge on any atom is 0.139 e. The molecule has 4 nitrogen and oxygen atoms in total. The van der Waals surface area contributed by atoms with Gasteiger partial charge in [-0.1, -0.05) is 18.2 Å². The highest BCUT2D eigenvalue weighted by molar-refractivity contribution is 5.44. The summed E-state index contributed by atoms with van der Waals surface area (Å²) in [4.78, 5) is 0. The van der Waals surface area contributed by atoms with Crippen molar-refractivity contribution in [2.24, 2.45) is 0 Å². The van der Waals surface area contributed by atoms with E-state index in [2.05, 4.69) is 11.4 Å². The smallest absolute Gasteiger partial charge is 0.139 e. The first-order chi connectivity index (χ1) is 7.82. The van der Waals surface area contributed by atoms with Gasteiger partial charge in [0.15, 0.2) is 0 Å². The summed E-state index contributed by atoms with van der Waals surface area (Å²) in [5.74, 6) is 0.751. The van der Waals surface area contributed by atoms with Gasteiger partial charge in [0.2, 0.25) is 0 Å². The lowest BCUT2D eigenvalue weighted by Gasteiger charge is -2.33. The molecule has 1 aliphatic rings. The van der Waals surface area contributed by atoms with Crippen LogP contribution in [0.1, 0.15) is 12.0 Å². The molecule has 0 amide bonds. The molecule has 0 saturated carbocycles. The van der Waals surface area contributed by atoms with E-state index in [1.54, 1.807) is 0 Å². The average Bonchev–Trinajstić information content (AvgIpc) is 2.36. The number of nitriles is 1. The van der Waals surface area contributed by atoms with Crippen molar-refractivity contribution in [2.75, 3.05) is 19.8 Å². The van der Waals surface area contributed by atoms with E-state index in [0.29, 0.717) is 19.6 Å². The second-order valence-electron chi connectivity index (χ2n) is 3.76. The van der Waals surface area contributed by atoms with E-state index >= 15 is 0 Å². The highest BCUT2D eigenvalue weighted by Gasteiger charge is 2.37. The Morgan fingerprint density at radius 3 is 3.06 bits per heavy atom. The van der Waals surface area contributed by atoms with Crippen LogP contribution in [0.3, 0.4) is 0 Å². The second-order valence-corrected chi connectivity index (χ2v) is 3.76. The standard InChI is InChI=1S/C12H14N2O2/c13-9-12(14-6-7-15)5-8-16-11-4-2-1-3-10(11)12/h1-4,14-15H,5-8H2. The lowest BCUT2D eigenvalue weighted by molar-refractivity contribution is 0.205. The van der Waals surface area contributed by atoms with Gasteiger partial charge in [-0.2, -0.15) is 5.26 Å². The Morgan fingerprint density at radius 1 is 1.50 bits per heavy atom. The Labute approximate surface area is 94.5 Å². The van der Waals surface area contributed by atoms with Gasteiger partial charge in [0.25, 0.3) is 0 Å². The predicted molar refractivity (Wildman–Crippen MR) is 58.9 cm³/mol. The van der Waals surface area contributed by atoms with E-state index in [1.807, 2.05) is 24.3 Å². The Kier molecular flexibility index (Phi) is 3.09. The van der Waals surface area contributed by atoms with E-state index in [1.165, 1.54) is 0 Å². The number of ether oxygens (including phenoxy) is 1. The van der Waals surface area contributed by atoms with Gasteiger partial charge in [-0.3, -0.25) is 5.32 Å². The van der Waals surface area contributed by atoms with Gasteiger partial charge in [0.1, 0.15) is 11.3 Å². The zero-order chi connectivity index (χ0) is 11.4. The molecule has 84 valence electrons. The summed E-state index contributed by atoms with van der Waals surface area (Å²) in [6.45, 7) is 0.942. The summed E-state index contributed by atoms with van der Waals surface area (Å²) in [6.07, 6.45) is 0.598. The van der Waals surface area contributed by atoms with Crippen molar-refractivity contribution >= 4 is 0 Å². The van der Waals surface area contributed by atoms with Crippen molar-refractivity contribution in [1.29, 1.82) is 5.26 Å². The highest BCUT2D eigenvalue weighted by atomic mass is 16.5. The monoisotopic (exact) mass is 218 g/mol. The van der Waals surface area contributed by atoms with Crippen molar-refractivity contribution in [3.8, 4) is 11.8 Å². The van der Waals surface area contributed by atoms with Crippen LogP contribution in [0.2, 0.25) is 0 Å². The molecule has 1 aromatic rings. The summed E-state index contributed by atoms with van der Waals surface area (Å²) in [6, 6.07) is 9.84. The fourth-order valence-corrected chi connectivity index (χ4v) is 2.00. The van der Waals surface area contributed by atoms with Crippen molar-refractivity contribution in [3.05, 3.63) is 29.8 Å². The SMILES string of the molecule is N#CC1(NCCO)CCOc2ccccc21. The minimum absolute atomic E-state index is 0.0203. The summed E-state index contributed by atoms with van der Waals surface area (Å²) in [7, 11) is 0. The molecule has 0 radical (unpaired) electrons. The largest absolute Gasteiger partial charge is 0.493 e. The third kappa shape index (κ3) is 1.75. The zero-order valence-electron chi connectivity index (χ0n) is 8.94. The molecule has 0 spiro atoms. The minimum atomic E-state index is -0.725. The zero-order valence-corrected chi connectivity index (χ0v) is 8.94. The summed E-state index contributed by atoms with van der Waals surface area (Å²) in [5.41, 5.74) is 0.134. The molecule has 0 aromatic heterocycles. The molecule has 2 rings (SSSR count). The third-order valence-corrected chi connectivity index (χ3v) is 2.81. The van der Waals surface area contributed by atoms with Gasteiger partial charge in [0.05, 0.1) is 19.3 Å². The highest BCUT2D eigenvalue weighted by Crippen LogP contribution is 2.36. The van der Waals surface area contributed by atoms with E-state index < -0.39 is 5.54 Å². The van der Waals surface area contributed by atoms with E-state index in [0.717, 1.165) is 11.3 Å². The minimum Gasteiger partial charge on any atom is -0.493 e. The Balaban J connectivity index is 2.38. The molecular formula is C12H14N2O2. The van der Waals surface area contributed by atoms with Crippen molar-refractivity contribution in [2.45, 2.75) is 12.0 Å². The van der Waals surface area contributed by atoms with Crippen LogP contribution >= 0.6 is 0 Å². The van der Waals surface area contributed by atoms with Gasteiger partial charge >= 0.3 is 0 Å². The molecule has 1 unspecified atom stereocenters. The maximum atomic E-state index is 9.37. The summed E-state index contributed by atoms with van der Waals surface area (Å²) in [5, 5.41) is 21.3. The molecule has 1 heterocycles. The molecule has 0 fully saturated rings. The van der Waals surface area contributed by atoms with Crippen LogP contribution in [0, 0.1) is 11.3 Å². The Morgan fingerprint density at radius 2 is 2.31 bits per heavy atom. The number of nitrogens with zero attached hydrogens (tertiary/aromatic N) is 1. The topological polar surface area (TPSA) is 65.3 Å². The molecule has 2 N–H and O–H groups in total. The molecule has 0 saturated heterocycles. The molecule has 0 aliphatic carbocycles. The van der Waals surface area contributed by atoms with Gasteiger partial charge in [-0.25, -0.2) is 0 Å². The number of fused-ring (bicyclic) bond motifs is 1. The number of hydrogen-bond donors (Lipinski definition) is 2. The van der Waals surface area contributed by atoms with Crippen LogP contribution in [0.5, 0.6) is 5.75 Å². The van der Waals surface area contributed by atoms with Gasteiger partial charge in [0, 0.05) is 18.5 Å². The molecule has 1 atom stereocenters. The molecule has 1 aliphatic heterocycles. The number of nitrogens with one attached hydrogen (secondary N) is 1. The molecule has 4 heteroatoms. The number of para-hydroxylation sites is 1. The fourth-order valence-electron chi connectivity index (χ4n) is 2.00. The van der Waals surface area contributed by atoms with Crippen LogP contribution < -0.4 is 10.1 Å². The van der Waals surface area contributed by atoms with Crippen molar-refractivity contribution in [3.63, 3.8) is 0 Å². The quantitative estimate of drug-likeness (QED) is 0.786. The van der Waals surface area contributed by atoms with Crippen LogP contribution in [0.4, 0.5) is 0 Å². The summed E-state index contributed by atoms with van der Waals surface area (Å²) < 4.78 is 5.51. The normalized spacial score (nSPS) is 23.0. The Hall–Kier alpha value is -1.57. The van der Waals surface area contributed by atoms with Gasteiger partial charge in [-0.15, -0.1) is 0 Å². The first-order valence-electron chi connectivity index (χ1n) is 5.32. The van der Waals surface area contributed by atoms with Crippen molar-refractivity contribution < 1.29 is 9.84 Å². The lowest BCUT2D eigenvalue weighted by Crippen LogP contribution is -2.46. The van der Waals surface area contributed by atoms with Gasteiger partial charge in [-0.05, 0) is 6.07 Å². The van der Waals surface area contributed by atoms with E-state index in [9.17, 15) is 5.26 Å². The number of aliphatic hydroxyl groups is 1. The van der Waals surface area contributed by atoms with E-state index in [-0.39, 0.29) is 6.61 Å². The van der Waals surface area contributed by atoms with Crippen LogP contribution in [-0.2, 0) is 5.54 Å². The molecule has 16 heavy (non-hydrogen) atoms. The predicted octanol–water partition coefficient (Wildman–Crippen LogP) is 0.770. The van der Waals surface area contributed by atoms with Crippen LogP contribution in [0.25, 0.3) is 0 Å². The number of rotatable bonds is 3. The second kappa shape index (κ2) is 4.52. The fraction of sp³-hybridized carbons (Fsp3) is 0.417. The number of hydrogen-bond acceptors (Lipinski definition) is 4.